The molecule has 20 heavy (non-hydrogen) atoms. The number of unbranched alkanes of at least 4 members (excludes halogenated alkanes) is 1. The number of amides is 2. The zero-order chi connectivity index (χ0) is 15.5. The van der Waals surface area contributed by atoms with Gasteiger partial charge in [0.05, 0.1) is 12.5 Å². The third-order valence-electron chi connectivity index (χ3n) is 2.84. The van der Waals surface area contributed by atoms with E-state index in [1.807, 2.05) is 19.0 Å². The second-order valence-corrected chi connectivity index (χ2v) is 4.89. The molecule has 0 fully saturated rings. The molecule has 2 amide bonds. The number of carboxylic acid groups (broad SMARTS) is 1. The Hall–Kier alpha value is -1.63. The Labute approximate surface area is 119 Å². The van der Waals surface area contributed by atoms with Crippen molar-refractivity contribution in [2.75, 3.05) is 27.2 Å². The topological polar surface area (TPSA) is 98.7 Å². The molecule has 116 valence electrons. The number of rotatable bonds is 10. The molecule has 7 heteroatoms. The minimum atomic E-state index is -0.929. The Morgan fingerprint density at radius 1 is 1.10 bits per heavy atom. The van der Waals surface area contributed by atoms with Crippen LogP contribution in [0, 0.1) is 0 Å². The van der Waals surface area contributed by atoms with Crippen LogP contribution in [0.1, 0.15) is 32.6 Å². The van der Waals surface area contributed by atoms with E-state index in [1.54, 1.807) is 0 Å². The molecule has 0 aliphatic carbocycles. The average Bonchev–Trinajstić information content (AvgIpc) is 2.32. The van der Waals surface area contributed by atoms with Crippen LogP contribution in [0.2, 0.25) is 0 Å². The van der Waals surface area contributed by atoms with Gasteiger partial charge in [-0.2, -0.15) is 0 Å². The summed E-state index contributed by atoms with van der Waals surface area (Å²) in [4.78, 5) is 34.8. The lowest BCUT2D eigenvalue weighted by atomic mass is 10.1. The van der Waals surface area contributed by atoms with Gasteiger partial charge in [-0.25, -0.2) is 0 Å². The van der Waals surface area contributed by atoms with E-state index in [-0.39, 0.29) is 30.8 Å². The van der Waals surface area contributed by atoms with Crippen molar-refractivity contribution in [3.63, 3.8) is 0 Å². The molecule has 0 rings (SSSR count). The first-order valence-corrected chi connectivity index (χ1v) is 6.75. The largest absolute Gasteiger partial charge is 0.481 e. The van der Waals surface area contributed by atoms with Gasteiger partial charge in [-0.15, -0.1) is 0 Å². The highest BCUT2D eigenvalue weighted by Crippen LogP contribution is 2.06. The third kappa shape index (κ3) is 9.32. The highest BCUT2D eigenvalue weighted by molar-refractivity contribution is 5.82. The summed E-state index contributed by atoms with van der Waals surface area (Å²) in [6.07, 6.45) is 2.22. The summed E-state index contributed by atoms with van der Waals surface area (Å²) in [6, 6.07) is -0.277. The Bertz CT molecular complexity index is 332. The molecular formula is C13H25N3O4. The van der Waals surface area contributed by atoms with Crippen LogP contribution in [0.3, 0.4) is 0 Å². The van der Waals surface area contributed by atoms with E-state index in [4.69, 9.17) is 5.11 Å². The number of nitrogens with one attached hydrogen (secondary N) is 2. The van der Waals surface area contributed by atoms with E-state index in [0.29, 0.717) is 13.0 Å². The predicted molar refractivity (Wildman–Crippen MR) is 75.3 cm³/mol. The molecule has 0 spiro atoms. The normalized spacial score (nSPS) is 12.0. The Morgan fingerprint density at radius 3 is 2.25 bits per heavy atom. The van der Waals surface area contributed by atoms with Crippen molar-refractivity contribution in [2.45, 2.75) is 38.6 Å². The predicted octanol–water partition coefficient (Wildman–Crippen LogP) is -0.186. The van der Waals surface area contributed by atoms with Crippen LogP contribution in [0.5, 0.6) is 0 Å². The summed E-state index contributed by atoms with van der Waals surface area (Å²) >= 11 is 0. The monoisotopic (exact) mass is 292 g/mol. The van der Waals surface area contributed by atoms with E-state index in [0.717, 1.165) is 12.8 Å². The van der Waals surface area contributed by atoms with Gasteiger partial charge in [0.25, 0.3) is 0 Å². The number of aliphatic carboxylic acids is 1. The van der Waals surface area contributed by atoms with Crippen LogP contribution in [0.15, 0.2) is 0 Å². The fourth-order valence-electron chi connectivity index (χ4n) is 1.76. The van der Waals surface area contributed by atoms with Gasteiger partial charge >= 0.3 is 5.97 Å². The van der Waals surface area contributed by atoms with Gasteiger partial charge in [-0.1, -0.05) is 0 Å². The van der Waals surface area contributed by atoms with E-state index in [9.17, 15) is 14.4 Å². The minimum absolute atomic E-state index is 0.0550. The molecule has 0 aromatic heterocycles. The van der Waals surface area contributed by atoms with Gasteiger partial charge in [-0.3, -0.25) is 19.3 Å². The minimum Gasteiger partial charge on any atom is -0.481 e. The molecular weight excluding hydrogens is 267 g/mol. The molecule has 0 bridgehead atoms. The molecule has 0 aliphatic heterocycles. The summed E-state index contributed by atoms with van der Waals surface area (Å²) in [5.41, 5.74) is 0. The molecule has 0 aromatic carbocycles. The highest BCUT2D eigenvalue weighted by Gasteiger charge is 2.19. The third-order valence-corrected chi connectivity index (χ3v) is 2.84. The van der Waals surface area contributed by atoms with E-state index >= 15 is 0 Å². The van der Waals surface area contributed by atoms with Gasteiger partial charge in [-0.05, 0) is 33.4 Å². The lowest BCUT2D eigenvalue weighted by Crippen LogP contribution is -2.44. The SMILES string of the molecule is CC(=O)[15NH][13CH2]CCCC(C(=O)N[13CH2][13CH2]C(=O)O)N(C)[13CH3]. The summed E-state index contributed by atoms with van der Waals surface area (Å²) in [6.45, 7) is 2.22. The zero-order valence-corrected chi connectivity index (χ0v) is 12.4. The molecule has 0 aromatic rings. The molecule has 0 radical (unpaired) electrons. The summed E-state index contributed by atoms with van der Waals surface area (Å²) in [5, 5.41) is 13.9. The molecule has 1 unspecified atom stereocenters. The Morgan fingerprint density at radius 2 is 1.75 bits per heavy atom. The number of carboxylic acids is 1. The van der Waals surface area contributed by atoms with Gasteiger partial charge in [0, 0.05) is 20.0 Å². The van der Waals surface area contributed by atoms with Crippen molar-refractivity contribution in [2.24, 2.45) is 0 Å². The summed E-state index contributed by atoms with van der Waals surface area (Å²) < 4.78 is 0. The maximum absolute atomic E-state index is 11.9. The lowest BCUT2D eigenvalue weighted by Gasteiger charge is -2.23. The van der Waals surface area contributed by atoms with Crippen molar-refractivity contribution in [3.8, 4) is 0 Å². The molecule has 7 nitrogen and oxygen atoms in total. The van der Waals surface area contributed by atoms with Crippen LogP contribution < -0.4 is 10.6 Å². The van der Waals surface area contributed by atoms with Gasteiger partial charge in [0.15, 0.2) is 0 Å². The number of carbonyl (C=O) groups is 3. The van der Waals surface area contributed by atoms with Crippen LogP contribution >= 0.6 is 0 Å². The first kappa shape index (κ1) is 18.4. The second-order valence-electron chi connectivity index (χ2n) is 4.89. The highest BCUT2D eigenvalue weighted by atomic mass is 16.4. The number of hydrogen-bond donors (Lipinski definition) is 3. The van der Waals surface area contributed by atoms with E-state index in [1.165, 1.54) is 6.92 Å². The van der Waals surface area contributed by atoms with E-state index in [2.05, 4.69) is 10.6 Å². The zero-order valence-electron chi connectivity index (χ0n) is 12.4. The smallest absolute Gasteiger partial charge is 0.305 e. The molecule has 0 saturated carbocycles. The standard InChI is InChI=1S/C13H25N3O4/c1-10(17)14-8-5-4-6-11(16(2)3)13(20)15-9-7-12(18)19/h11H,4-9H2,1-3H3,(H,14,17)(H,15,20)(H,18,19)/i2+1,7+1,8+1,9+1,14+1. The maximum Gasteiger partial charge on any atom is 0.305 e. The van der Waals surface area contributed by atoms with Crippen molar-refractivity contribution in [1.29, 1.82) is 0 Å². The van der Waals surface area contributed by atoms with Crippen molar-refractivity contribution in [1.82, 2.24) is 15.5 Å². The Kier molecular flexibility index (Phi) is 9.36. The number of nitrogens with zero attached hydrogens (tertiary/aromatic N) is 1. The summed E-state index contributed by atoms with van der Waals surface area (Å²) in [7, 11) is 3.63. The van der Waals surface area contributed by atoms with Gasteiger partial charge in [0.2, 0.25) is 11.8 Å². The first-order chi connectivity index (χ1) is 9.34. The summed E-state index contributed by atoms with van der Waals surface area (Å²) in [5.74, 6) is -1.14. The first-order valence-electron chi connectivity index (χ1n) is 6.75. The van der Waals surface area contributed by atoms with Crippen LogP contribution in [0.4, 0.5) is 0 Å². The average molecular weight is 292 g/mol. The molecule has 0 aliphatic rings. The second kappa shape index (κ2) is 10.2. The van der Waals surface area contributed by atoms with Crippen LogP contribution in [0.25, 0.3) is 0 Å². The molecule has 3 N–H and O–H groups in total. The number of likely N-dealkylation sites (N-methyl/N-ethyl adjacent to an activating group) is 1. The van der Waals surface area contributed by atoms with Crippen LogP contribution in [-0.2, 0) is 14.4 Å². The Balaban J connectivity index is 3.99. The number of hydrogen-bond acceptors (Lipinski definition) is 4. The maximum atomic E-state index is 11.9. The fraction of sp³-hybridized carbons (Fsp3) is 0.769. The van der Waals surface area contributed by atoms with Gasteiger partial charge < -0.3 is 15.7 Å². The lowest BCUT2D eigenvalue weighted by molar-refractivity contribution is -0.137. The molecule has 1 atom stereocenters. The van der Waals surface area contributed by atoms with Crippen molar-refractivity contribution in [3.05, 3.63) is 0 Å². The van der Waals surface area contributed by atoms with Crippen molar-refractivity contribution >= 4 is 17.8 Å². The molecule has 0 saturated heterocycles. The van der Waals surface area contributed by atoms with Crippen molar-refractivity contribution < 1.29 is 19.5 Å². The molecule has 0 heterocycles. The van der Waals surface area contributed by atoms with Crippen LogP contribution in [-0.4, -0.2) is 61.0 Å². The quantitative estimate of drug-likeness (QED) is 0.294. The van der Waals surface area contributed by atoms with E-state index < -0.39 is 5.97 Å². The fourth-order valence-corrected chi connectivity index (χ4v) is 1.76. The number of carbonyl (C=O) groups excluding carboxylic acids is 2. The van der Waals surface area contributed by atoms with Gasteiger partial charge in [0.1, 0.15) is 0 Å².